The van der Waals surface area contributed by atoms with Crippen LogP contribution in [0, 0.1) is 10.1 Å². The lowest BCUT2D eigenvalue weighted by Crippen LogP contribution is -2.40. The van der Waals surface area contributed by atoms with Crippen molar-refractivity contribution in [3.63, 3.8) is 0 Å². The molecule has 0 radical (unpaired) electrons. The molecular weight excluding hydrogens is 382 g/mol. The van der Waals surface area contributed by atoms with Crippen LogP contribution in [0.15, 0.2) is 28.0 Å². The molecule has 1 aromatic carbocycles. The van der Waals surface area contributed by atoms with Crippen LogP contribution in [-0.4, -0.2) is 41.2 Å². The van der Waals surface area contributed by atoms with Crippen molar-refractivity contribution in [2.75, 3.05) is 13.1 Å². The van der Waals surface area contributed by atoms with Gasteiger partial charge in [-0.05, 0) is 46.8 Å². The lowest BCUT2D eigenvalue weighted by atomic mass is 10.1. The summed E-state index contributed by atoms with van der Waals surface area (Å²) in [6, 6.07) is 3.85. The largest absolute Gasteiger partial charge is 0.358 e. The third kappa shape index (κ3) is 6.21. The van der Waals surface area contributed by atoms with E-state index in [4.69, 9.17) is 12.2 Å². The molecule has 25 heavy (non-hydrogen) atoms. The summed E-state index contributed by atoms with van der Waals surface area (Å²) in [4.78, 5) is 12.9. The zero-order valence-corrected chi connectivity index (χ0v) is 17.3. The lowest BCUT2D eigenvalue weighted by molar-refractivity contribution is -0.387. The van der Waals surface area contributed by atoms with E-state index in [2.05, 4.69) is 4.72 Å². The fraction of sp³-hybridized carbons (Fsp3) is 0.533. The molecule has 0 saturated heterocycles. The summed E-state index contributed by atoms with van der Waals surface area (Å²) >= 11 is 6.40. The number of benzene rings is 1. The van der Waals surface area contributed by atoms with Crippen molar-refractivity contribution < 1.29 is 13.3 Å². The van der Waals surface area contributed by atoms with Crippen LogP contribution in [0.3, 0.4) is 0 Å². The van der Waals surface area contributed by atoms with Gasteiger partial charge in [-0.25, -0.2) is 13.1 Å². The topological polar surface area (TPSA) is 92.6 Å². The van der Waals surface area contributed by atoms with Crippen molar-refractivity contribution >= 4 is 44.0 Å². The summed E-state index contributed by atoms with van der Waals surface area (Å²) in [6.45, 7) is 10.4. The van der Waals surface area contributed by atoms with Gasteiger partial charge in [0.1, 0.15) is 4.32 Å². The molecule has 0 aliphatic heterocycles. The lowest BCUT2D eigenvalue weighted by Gasteiger charge is -2.21. The predicted octanol–water partition coefficient (Wildman–Crippen LogP) is 3.39. The highest BCUT2D eigenvalue weighted by atomic mass is 32.2. The van der Waals surface area contributed by atoms with Crippen molar-refractivity contribution in [3.8, 4) is 0 Å². The van der Waals surface area contributed by atoms with Gasteiger partial charge >= 0.3 is 0 Å². The first-order chi connectivity index (χ1) is 11.4. The van der Waals surface area contributed by atoms with E-state index in [0.29, 0.717) is 22.3 Å². The van der Waals surface area contributed by atoms with Crippen molar-refractivity contribution in [2.24, 2.45) is 0 Å². The Hall–Kier alpha value is -1.23. The van der Waals surface area contributed by atoms with E-state index in [1.54, 1.807) is 20.8 Å². The molecule has 1 N–H and O–H groups in total. The molecule has 0 amide bonds. The molecule has 140 valence electrons. The monoisotopic (exact) mass is 405 g/mol. The Morgan fingerprint density at radius 3 is 2.32 bits per heavy atom. The highest BCUT2D eigenvalue weighted by Crippen LogP contribution is 2.33. The maximum atomic E-state index is 12.4. The van der Waals surface area contributed by atoms with Crippen molar-refractivity contribution in [1.29, 1.82) is 0 Å². The molecule has 0 aliphatic carbocycles. The van der Waals surface area contributed by atoms with E-state index >= 15 is 0 Å². The molecule has 0 unspecified atom stereocenters. The number of nitrogens with one attached hydrogen (secondary N) is 1. The van der Waals surface area contributed by atoms with E-state index in [9.17, 15) is 18.5 Å². The Morgan fingerprint density at radius 1 is 1.32 bits per heavy atom. The molecule has 0 bridgehead atoms. The van der Waals surface area contributed by atoms with Gasteiger partial charge in [-0.15, -0.1) is 0 Å². The molecule has 0 aromatic heterocycles. The summed E-state index contributed by atoms with van der Waals surface area (Å²) in [6.07, 6.45) is 0. The van der Waals surface area contributed by atoms with E-state index in [0.717, 1.165) is 17.8 Å². The molecule has 1 aromatic rings. The summed E-state index contributed by atoms with van der Waals surface area (Å²) in [5, 5.41) is 11.4. The van der Waals surface area contributed by atoms with Crippen molar-refractivity contribution in [1.82, 2.24) is 9.62 Å². The zero-order chi connectivity index (χ0) is 19.4. The third-order valence-electron chi connectivity index (χ3n) is 3.10. The molecule has 0 heterocycles. The van der Waals surface area contributed by atoms with Crippen LogP contribution in [0.25, 0.3) is 0 Å². The number of nitrogens with zero attached hydrogens (tertiary/aromatic N) is 2. The molecule has 7 nitrogen and oxygen atoms in total. The SMILES string of the molecule is CCN(CC)C(=S)Sc1ccc(S(=O)(=O)NC(C)(C)C)cc1[N+](=O)[O-]. The second-order valence-electron chi connectivity index (χ2n) is 6.28. The van der Waals surface area contributed by atoms with Crippen LogP contribution in [-0.2, 0) is 10.0 Å². The Labute approximate surface area is 158 Å². The summed E-state index contributed by atoms with van der Waals surface area (Å²) in [7, 11) is -3.85. The van der Waals surface area contributed by atoms with Gasteiger partial charge in [0.05, 0.1) is 14.7 Å². The number of hydrogen-bond acceptors (Lipinski definition) is 6. The standard InChI is InChI=1S/C15H23N3O4S3/c1-6-17(7-2)14(23)24-13-9-8-11(10-12(13)18(19)20)25(21,22)16-15(3,4)5/h8-10,16H,6-7H2,1-5H3. The maximum Gasteiger partial charge on any atom is 0.284 e. The van der Waals surface area contributed by atoms with Crippen LogP contribution in [0.1, 0.15) is 34.6 Å². The van der Waals surface area contributed by atoms with Crippen LogP contribution >= 0.6 is 24.0 Å². The van der Waals surface area contributed by atoms with Gasteiger partial charge in [0, 0.05) is 24.7 Å². The highest BCUT2D eigenvalue weighted by molar-refractivity contribution is 8.23. The van der Waals surface area contributed by atoms with Gasteiger partial charge in [-0.2, -0.15) is 0 Å². The first-order valence-electron chi connectivity index (χ1n) is 7.70. The minimum absolute atomic E-state index is 0.146. The second kappa shape index (κ2) is 8.43. The van der Waals surface area contributed by atoms with E-state index < -0.39 is 20.5 Å². The summed E-state index contributed by atoms with van der Waals surface area (Å²) < 4.78 is 27.8. The van der Waals surface area contributed by atoms with Gasteiger partial charge in [0.25, 0.3) is 5.69 Å². The van der Waals surface area contributed by atoms with Crippen LogP contribution in [0.4, 0.5) is 5.69 Å². The number of nitro groups is 1. The molecule has 10 heteroatoms. The maximum absolute atomic E-state index is 12.4. The van der Waals surface area contributed by atoms with Crippen molar-refractivity contribution in [3.05, 3.63) is 28.3 Å². The number of thiocarbonyl (C=S) groups is 1. The number of nitro benzene ring substituents is 1. The average Bonchev–Trinajstić information content (AvgIpc) is 2.45. The van der Waals surface area contributed by atoms with Crippen LogP contribution in [0.5, 0.6) is 0 Å². The Bertz CT molecular complexity index is 754. The molecular formula is C15H23N3O4S3. The highest BCUT2D eigenvalue weighted by Gasteiger charge is 2.26. The number of rotatable bonds is 6. The molecule has 1 rings (SSSR count). The smallest absolute Gasteiger partial charge is 0.284 e. The minimum atomic E-state index is -3.85. The Balaban J connectivity index is 3.25. The Morgan fingerprint density at radius 2 is 1.88 bits per heavy atom. The van der Waals surface area contributed by atoms with Gasteiger partial charge in [0.2, 0.25) is 10.0 Å². The van der Waals surface area contributed by atoms with Crippen molar-refractivity contribution in [2.45, 2.75) is 49.9 Å². The molecule has 0 saturated carbocycles. The first-order valence-corrected chi connectivity index (χ1v) is 10.4. The average molecular weight is 406 g/mol. The summed E-state index contributed by atoms with van der Waals surface area (Å²) in [5.74, 6) is 0. The molecule has 0 aliphatic rings. The fourth-order valence-electron chi connectivity index (χ4n) is 2.00. The van der Waals surface area contributed by atoms with E-state index in [-0.39, 0.29) is 10.6 Å². The second-order valence-corrected chi connectivity index (χ2v) is 9.64. The minimum Gasteiger partial charge on any atom is -0.358 e. The van der Waals surface area contributed by atoms with Gasteiger partial charge in [-0.1, -0.05) is 24.0 Å². The van der Waals surface area contributed by atoms with Gasteiger partial charge in [-0.3, -0.25) is 10.1 Å². The fourth-order valence-corrected chi connectivity index (χ4v) is 4.91. The zero-order valence-electron chi connectivity index (χ0n) is 14.9. The number of sulfonamides is 1. The number of hydrogen-bond donors (Lipinski definition) is 1. The first kappa shape index (κ1) is 21.8. The van der Waals surface area contributed by atoms with E-state index in [1.807, 2.05) is 18.7 Å². The van der Waals surface area contributed by atoms with Crippen LogP contribution in [0.2, 0.25) is 0 Å². The molecule has 0 spiro atoms. The summed E-state index contributed by atoms with van der Waals surface area (Å²) in [5.41, 5.74) is -0.970. The van der Waals surface area contributed by atoms with E-state index in [1.165, 1.54) is 12.1 Å². The Kier molecular flexibility index (Phi) is 7.36. The third-order valence-corrected chi connectivity index (χ3v) is 6.36. The molecule has 0 atom stereocenters. The number of thioether (sulfide) groups is 1. The van der Waals surface area contributed by atoms with Gasteiger partial charge in [0.15, 0.2) is 0 Å². The predicted molar refractivity (Wildman–Crippen MR) is 105 cm³/mol. The normalized spacial score (nSPS) is 12.0. The quantitative estimate of drug-likeness (QED) is 0.336. The van der Waals surface area contributed by atoms with Crippen LogP contribution < -0.4 is 4.72 Å². The van der Waals surface area contributed by atoms with Gasteiger partial charge < -0.3 is 4.90 Å². The molecule has 0 fully saturated rings.